The lowest BCUT2D eigenvalue weighted by atomic mass is 10.3. The summed E-state index contributed by atoms with van der Waals surface area (Å²) in [7, 11) is 0. The molecule has 0 saturated carbocycles. The molecule has 17 heavy (non-hydrogen) atoms. The Bertz CT molecular complexity index is 272. The maximum absolute atomic E-state index is 9.66. The summed E-state index contributed by atoms with van der Waals surface area (Å²) in [5, 5.41) is 28.6. The molecule has 0 aromatic rings. The average molecular weight is 241 g/mol. The average Bonchev–Trinajstić information content (AvgIpc) is 2.75. The summed E-state index contributed by atoms with van der Waals surface area (Å²) in [4.78, 5) is 1.41. The van der Waals surface area contributed by atoms with Crippen molar-refractivity contribution in [2.75, 3.05) is 13.1 Å². The van der Waals surface area contributed by atoms with E-state index >= 15 is 0 Å². The summed E-state index contributed by atoms with van der Waals surface area (Å²) >= 11 is 0. The van der Waals surface area contributed by atoms with Gasteiger partial charge in [0.25, 0.3) is 0 Å². The van der Waals surface area contributed by atoms with Crippen LogP contribution >= 0.6 is 0 Å². The van der Waals surface area contributed by atoms with Crippen LogP contribution < -0.4 is 0 Å². The molecule has 1 unspecified atom stereocenters. The second-order valence-corrected chi connectivity index (χ2v) is 3.56. The van der Waals surface area contributed by atoms with Crippen molar-refractivity contribution in [1.82, 2.24) is 4.90 Å². The molecular weight excluding hydrogens is 218 g/mol. The van der Waals surface area contributed by atoms with E-state index in [1.807, 2.05) is 13.8 Å². The van der Waals surface area contributed by atoms with E-state index in [2.05, 4.69) is 6.58 Å². The SMILES string of the molecule is C=C/C=C\C=C\C(O)(O)N1CCC(O)C1.CC. The minimum absolute atomic E-state index is 0.280. The maximum Gasteiger partial charge on any atom is 0.246 e. The van der Waals surface area contributed by atoms with Gasteiger partial charge in [0.1, 0.15) is 0 Å². The summed E-state index contributed by atoms with van der Waals surface area (Å²) in [6, 6.07) is 0. The van der Waals surface area contributed by atoms with E-state index in [4.69, 9.17) is 0 Å². The molecule has 1 atom stereocenters. The highest BCUT2D eigenvalue weighted by atomic mass is 16.5. The first-order chi connectivity index (χ1) is 8.06. The standard InChI is InChI=1S/C11H17NO3.C2H6/c1-2-3-4-5-7-11(14,15)12-8-6-10(13)9-12;1-2/h2-5,7,10,13-15H,1,6,8-9H2;1-2H3/b4-3-,7-5+;. The second-order valence-electron chi connectivity index (χ2n) is 3.56. The zero-order valence-electron chi connectivity index (χ0n) is 10.6. The Balaban J connectivity index is 0.00000121. The van der Waals surface area contributed by atoms with Crippen molar-refractivity contribution in [3.8, 4) is 0 Å². The molecule has 1 aliphatic rings. The van der Waals surface area contributed by atoms with Gasteiger partial charge in [-0.25, -0.2) is 4.90 Å². The Morgan fingerprint density at radius 3 is 2.35 bits per heavy atom. The molecule has 4 nitrogen and oxygen atoms in total. The molecule has 98 valence electrons. The Hall–Kier alpha value is -0.940. The molecule has 0 radical (unpaired) electrons. The molecule has 4 heteroatoms. The summed E-state index contributed by atoms with van der Waals surface area (Å²) in [5.41, 5.74) is 0. The fourth-order valence-corrected chi connectivity index (χ4v) is 1.47. The van der Waals surface area contributed by atoms with Gasteiger partial charge in [-0.2, -0.15) is 0 Å². The minimum atomic E-state index is -1.98. The number of β-amino-alcohol motifs (C(OH)–C–C–N with tert-alkyl or cyclic N) is 1. The van der Waals surface area contributed by atoms with E-state index in [1.54, 1.807) is 18.2 Å². The van der Waals surface area contributed by atoms with Crippen LogP contribution in [-0.4, -0.2) is 45.3 Å². The van der Waals surface area contributed by atoms with Crippen LogP contribution in [0.1, 0.15) is 20.3 Å². The van der Waals surface area contributed by atoms with Gasteiger partial charge in [-0.15, -0.1) is 0 Å². The number of nitrogens with zero attached hydrogens (tertiary/aromatic N) is 1. The quantitative estimate of drug-likeness (QED) is 0.508. The highest BCUT2D eigenvalue weighted by molar-refractivity contribution is 5.11. The van der Waals surface area contributed by atoms with Crippen LogP contribution in [0.5, 0.6) is 0 Å². The highest BCUT2D eigenvalue weighted by Gasteiger charge is 2.34. The Morgan fingerprint density at radius 2 is 1.88 bits per heavy atom. The first kappa shape index (κ1) is 16.1. The topological polar surface area (TPSA) is 63.9 Å². The van der Waals surface area contributed by atoms with E-state index in [0.29, 0.717) is 13.0 Å². The zero-order chi connectivity index (χ0) is 13.3. The molecule has 1 fully saturated rings. The van der Waals surface area contributed by atoms with Gasteiger partial charge in [0.05, 0.1) is 6.10 Å². The number of aliphatic hydroxyl groups is 3. The van der Waals surface area contributed by atoms with Crippen LogP contribution in [0.25, 0.3) is 0 Å². The second kappa shape index (κ2) is 8.20. The molecule has 0 bridgehead atoms. The lowest BCUT2D eigenvalue weighted by Crippen LogP contribution is -2.46. The van der Waals surface area contributed by atoms with Gasteiger partial charge >= 0.3 is 0 Å². The normalized spacial score (nSPS) is 21.8. The number of aliphatic hydroxyl groups excluding tert-OH is 1. The lowest BCUT2D eigenvalue weighted by Gasteiger charge is -2.28. The van der Waals surface area contributed by atoms with Crippen molar-refractivity contribution in [3.63, 3.8) is 0 Å². The van der Waals surface area contributed by atoms with Crippen LogP contribution in [0.4, 0.5) is 0 Å². The van der Waals surface area contributed by atoms with Crippen LogP contribution in [0.15, 0.2) is 37.0 Å². The molecular formula is C13H23NO3. The fourth-order valence-electron chi connectivity index (χ4n) is 1.47. The molecule has 3 N–H and O–H groups in total. The molecule has 0 aliphatic carbocycles. The van der Waals surface area contributed by atoms with Crippen molar-refractivity contribution >= 4 is 0 Å². The van der Waals surface area contributed by atoms with Gasteiger partial charge in [-0.1, -0.05) is 44.7 Å². The first-order valence-corrected chi connectivity index (χ1v) is 5.91. The summed E-state index contributed by atoms with van der Waals surface area (Å²) < 4.78 is 0. The van der Waals surface area contributed by atoms with Gasteiger partial charge in [0.15, 0.2) is 0 Å². The fraction of sp³-hybridized carbons (Fsp3) is 0.538. The Morgan fingerprint density at radius 1 is 1.24 bits per heavy atom. The summed E-state index contributed by atoms with van der Waals surface area (Å²) in [6.45, 7) is 8.25. The van der Waals surface area contributed by atoms with Crippen molar-refractivity contribution in [1.29, 1.82) is 0 Å². The van der Waals surface area contributed by atoms with Gasteiger partial charge < -0.3 is 15.3 Å². The molecule has 0 aromatic carbocycles. The molecule has 1 aliphatic heterocycles. The molecule has 0 spiro atoms. The minimum Gasteiger partial charge on any atom is -0.392 e. The van der Waals surface area contributed by atoms with Gasteiger partial charge in [-0.3, -0.25) is 0 Å². The van der Waals surface area contributed by atoms with Crippen LogP contribution in [0.2, 0.25) is 0 Å². The Kier molecular flexibility index (Phi) is 7.74. The van der Waals surface area contributed by atoms with Crippen molar-refractivity contribution in [3.05, 3.63) is 37.0 Å². The van der Waals surface area contributed by atoms with Crippen molar-refractivity contribution in [2.24, 2.45) is 0 Å². The zero-order valence-corrected chi connectivity index (χ0v) is 10.6. The van der Waals surface area contributed by atoms with E-state index in [0.717, 1.165) is 0 Å². The molecule has 0 amide bonds. The lowest BCUT2D eigenvalue weighted by molar-refractivity contribution is -0.221. The largest absolute Gasteiger partial charge is 0.392 e. The third-order valence-corrected chi connectivity index (χ3v) is 2.31. The smallest absolute Gasteiger partial charge is 0.246 e. The van der Waals surface area contributed by atoms with Gasteiger partial charge in [0.2, 0.25) is 5.91 Å². The van der Waals surface area contributed by atoms with E-state index in [-0.39, 0.29) is 6.54 Å². The van der Waals surface area contributed by atoms with E-state index in [9.17, 15) is 15.3 Å². The number of allylic oxidation sites excluding steroid dienone is 4. The molecule has 1 heterocycles. The monoisotopic (exact) mass is 241 g/mol. The Labute approximate surface area is 103 Å². The van der Waals surface area contributed by atoms with Crippen molar-refractivity contribution < 1.29 is 15.3 Å². The predicted molar refractivity (Wildman–Crippen MR) is 69.2 cm³/mol. The molecule has 0 aromatic heterocycles. The number of hydrogen-bond donors (Lipinski definition) is 3. The third kappa shape index (κ3) is 5.79. The van der Waals surface area contributed by atoms with Crippen LogP contribution in [0, 0.1) is 0 Å². The maximum atomic E-state index is 9.66. The van der Waals surface area contributed by atoms with Crippen molar-refractivity contribution in [2.45, 2.75) is 32.3 Å². The first-order valence-electron chi connectivity index (χ1n) is 5.91. The van der Waals surface area contributed by atoms with E-state index in [1.165, 1.54) is 17.1 Å². The molecule has 1 rings (SSSR count). The van der Waals surface area contributed by atoms with Gasteiger partial charge in [0, 0.05) is 13.1 Å². The van der Waals surface area contributed by atoms with E-state index < -0.39 is 12.0 Å². The number of hydrogen-bond acceptors (Lipinski definition) is 4. The summed E-state index contributed by atoms with van der Waals surface area (Å²) in [5.74, 6) is -1.98. The third-order valence-electron chi connectivity index (χ3n) is 2.31. The molecule has 1 saturated heterocycles. The van der Waals surface area contributed by atoms with Crippen LogP contribution in [0.3, 0.4) is 0 Å². The van der Waals surface area contributed by atoms with Crippen LogP contribution in [-0.2, 0) is 0 Å². The predicted octanol–water partition coefficient (Wildman–Crippen LogP) is 1.02. The summed E-state index contributed by atoms with van der Waals surface area (Å²) in [6.07, 6.45) is 7.84. The highest BCUT2D eigenvalue weighted by Crippen LogP contribution is 2.18. The van der Waals surface area contributed by atoms with Gasteiger partial charge in [-0.05, 0) is 12.5 Å². The number of likely N-dealkylation sites (tertiary alicyclic amines) is 1. The number of rotatable bonds is 4.